The molecule has 0 aliphatic heterocycles. The maximum absolute atomic E-state index is 7.02. The maximum atomic E-state index is 7.02. The van der Waals surface area contributed by atoms with Gasteiger partial charge in [0.1, 0.15) is 11.2 Å². The van der Waals surface area contributed by atoms with Gasteiger partial charge < -0.3 is 4.42 Å². The molecular formula is C76H42OS. The van der Waals surface area contributed by atoms with Crippen molar-refractivity contribution < 1.29 is 4.42 Å². The van der Waals surface area contributed by atoms with Crippen molar-refractivity contribution >= 4 is 96.5 Å². The molecule has 2 heteroatoms. The average molecular weight is 1000 g/mol. The Labute approximate surface area is 453 Å². The molecule has 16 aromatic rings. The highest BCUT2D eigenvalue weighted by Gasteiger charge is 2.26. The molecule has 0 saturated heterocycles. The summed E-state index contributed by atoms with van der Waals surface area (Å²) in [6, 6.07) is 95.1. The summed E-state index contributed by atoms with van der Waals surface area (Å²) in [5.41, 5.74) is 24.4. The fourth-order valence-corrected chi connectivity index (χ4v) is 15.0. The van der Waals surface area contributed by atoms with Crippen LogP contribution in [0.5, 0.6) is 0 Å². The Morgan fingerprint density at radius 3 is 1.35 bits per heavy atom. The molecule has 1 nitrogen and oxygen atoms in total. The number of hydrogen-bond donors (Lipinski definition) is 0. The number of hydrogen-bond acceptors (Lipinski definition) is 2. The van der Waals surface area contributed by atoms with Gasteiger partial charge in [-0.2, -0.15) is 0 Å². The summed E-state index contributed by atoms with van der Waals surface area (Å²) in [5.74, 6) is 0. The lowest BCUT2D eigenvalue weighted by Gasteiger charge is -2.13. The molecule has 0 radical (unpaired) electrons. The van der Waals surface area contributed by atoms with Crippen molar-refractivity contribution in [1.29, 1.82) is 0 Å². The highest BCUT2D eigenvalue weighted by atomic mass is 32.1. The second-order valence-corrected chi connectivity index (χ2v) is 22.4. The normalized spacial score (nSPS) is 12.4. The first-order valence-corrected chi connectivity index (χ1v) is 27.8. The molecule has 0 N–H and O–H groups in total. The van der Waals surface area contributed by atoms with Crippen molar-refractivity contribution in [2.45, 2.75) is 0 Å². The van der Waals surface area contributed by atoms with Gasteiger partial charge in [0, 0.05) is 36.5 Å². The highest BCUT2D eigenvalue weighted by molar-refractivity contribution is 7.26. The molecule has 2 heterocycles. The van der Waals surface area contributed by atoms with E-state index in [4.69, 9.17) is 4.42 Å². The minimum atomic E-state index is 0.893. The van der Waals surface area contributed by atoms with Gasteiger partial charge in [-0.15, -0.1) is 11.3 Å². The van der Waals surface area contributed by atoms with Crippen LogP contribution in [-0.2, 0) is 0 Å². The van der Waals surface area contributed by atoms with E-state index in [0.717, 1.165) is 33.1 Å². The van der Waals surface area contributed by atoms with Crippen LogP contribution < -0.4 is 0 Å². The molecule has 0 bridgehead atoms. The summed E-state index contributed by atoms with van der Waals surface area (Å²) in [7, 11) is 0. The second kappa shape index (κ2) is 15.8. The van der Waals surface area contributed by atoms with Gasteiger partial charge in [-0.3, -0.25) is 0 Å². The van der Waals surface area contributed by atoms with Gasteiger partial charge in [-0.25, -0.2) is 0 Å². The number of para-hydroxylation sites is 1. The van der Waals surface area contributed by atoms with Crippen LogP contribution in [-0.4, -0.2) is 0 Å². The highest BCUT2D eigenvalue weighted by Crippen LogP contribution is 2.53. The number of thiophene rings is 1. The summed E-state index contributed by atoms with van der Waals surface area (Å²) < 4.78 is 9.64. The molecule has 0 unspecified atom stereocenters. The molecule has 0 saturated carbocycles. The van der Waals surface area contributed by atoms with Gasteiger partial charge in [-0.05, 0) is 186 Å². The lowest BCUT2D eigenvalue weighted by atomic mass is 9.90. The topological polar surface area (TPSA) is 13.1 Å². The van der Waals surface area contributed by atoms with Gasteiger partial charge in [0.2, 0.25) is 0 Å². The fraction of sp³-hybridized carbons (Fsp3) is 0. The van der Waals surface area contributed by atoms with E-state index < -0.39 is 0 Å². The molecule has 2 aromatic heterocycles. The third-order valence-corrected chi connectivity index (χ3v) is 18.5. The van der Waals surface area contributed by atoms with Crippen molar-refractivity contribution in [1.82, 2.24) is 0 Å². The summed E-state index contributed by atoms with van der Waals surface area (Å²) in [6.07, 6.45) is 0. The molecule has 0 spiro atoms. The molecular weight excluding hydrogens is 961 g/mol. The molecule has 78 heavy (non-hydrogen) atoms. The van der Waals surface area contributed by atoms with Crippen molar-refractivity contribution in [3.8, 4) is 100 Å². The van der Waals surface area contributed by atoms with E-state index >= 15 is 0 Å². The summed E-state index contributed by atoms with van der Waals surface area (Å²) in [5, 5.41) is 15.0. The van der Waals surface area contributed by atoms with E-state index in [9.17, 15) is 0 Å². The Kier molecular flexibility index (Phi) is 8.61. The molecule has 14 aromatic carbocycles. The third-order valence-electron chi connectivity index (χ3n) is 17.4. The quantitative estimate of drug-likeness (QED) is 0.167. The Morgan fingerprint density at radius 1 is 0.218 bits per heavy atom. The lowest BCUT2D eigenvalue weighted by molar-refractivity contribution is 0.670. The van der Waals surface area contributed by atoms with Crippen LogP contribution in [0, 0.1) is 0 Å². The Morgan fingerprint density at radius 2 is 0.679 bits per heavy atom. The maximum Gasteiger partial charge on any atom is 0.143 e. The van der Waals surface area contributed by atoms with E-state index in [2.05, 4.69) is 255 Å². The molecule has 18 rings (SSSR count). The smallest absolute Gasteiger partial charge is 0.143 e. The monoisotopic (exact) mass is 1000 g/mol. The molecule has 2 aliphatic carbocycles. The predicted molar refractivity (Wildman–Crippen MR) is 333 cm³/mol. The minimum Gasteiger partial charge on any atom is -0.455 e. The van der Waals surface area contributed by atoms with Crippen molar-refractivity contribution in [2.24, 2.45) is 0 Å². The van der Waals surface area contributed by atoms with E-state index in [1.54, 1.807) is 0 Å². The zero-order chi connectivity index (χ0) is 50.7. The first-order valence-electron chi connectivity index (χ1n) is 27.0. The SMILES string of the molecule is c1ccc2c(c1)-c1cccc3c(-c4cccc5oc6c(-c7cc(-c8ccc9cc(-c%10ccc%11sc%12cccc(-c%13ccc%14c%15c(cccc%13%15)-c%13ccccc%13-%14)c%12c%11c%10)ccc9c8)cc8ccccc78)cccc6c45)ccc-2c13. The summed E-state index contributed by atoms with van der Waals surface area (Å²) >= 11 is 1.89. The summed E-state index contributed by atoms with van der Waals surface area (Å²) in [6.45, 7) is 0. The number of fused-ring (bicyclic) bond motifs is 14. The molecule has 2 aliphatic rings. The lowest BCUT2D eigenvalue weighted by Crippen LogP contribution is -1.87. The van der Waals surface area contributed by atoms with E-state index in [-0.39, 0.29) is 0 Å². The average Bonchev–Trinajstić information content (AvgIpc) is 4.44. The molecule has 0 atom stereocenters. The molecule has 358 valence electrons. The first kappa shape index (κ1) is 42.4. The second-order valence-electron chi connectivity index (χ2n) is 21.3. The van der Waals surface area contributed by atoms with Crippen LogP contribution >= 0.6 is 11.3 Å². The zero-order valence-electron chi connectivity index (χ0n) is 42.1. The number of furan rings is 1. The largest absolute Gasteiger partial charge is 0.455 e. The Hall–Kier alpha value is -9.86. The van der Waals surface area contributed by atoms with E-state index in [1.165, 1.54) is 152 Å². The first-order chi connectivity index (χ1) is 38.7. The minimum absolute atomic E-state index is 0.893. The van der Waals surface area contributed by atoms with Gasteiger partial charge >= 0.3 is 0 Å². The van der Waals surface area contributed by atoms with E-state index in [0.29, 0.717) is 0 Å². The van der Waals surface area contributed by atoms with Gasteiger partial charge in [0.25, 0.3) is 0 Å². The summed E-state index contributed by atoms with van der Waals surface area (Å²) in [4.78, 5) is 0. The van der Waals surface area contributed by atoms with Crippen LogP contribution in [0.1, 0.15) is 0 Å². The van der Waals surface area contributed by atoms with Crippen LogP contribution in [0.2, 0.25) is 0 Å². The third kappa shape index (κ3) is 5.90. The van der Waals surface area contributed by atoms with Crippen LogP contribution in [0.3, 0.4) is 0 Å². The van der Waals surface area contributed by atoms with E-state index in [1.807, 2.05) is 11.3 Å². The van der Waals surface area contributed by atoms with Crippen molar-refractivity contribution in [3.63, 3.8) is 0 Å². The van der Waals surface area contributed by atoms with Crippen LogP contribution in [0.15, 0.2) is 259 Å². The van der Waals surface area contributed by atoms with Crippen LogP contribution in [0.25, 0.3) is 185 Å². The fourth-order valence-electron chi connectivity index (χ4n) is 13.9. The number of benzene rings is 14. The van der Waals surface area contributed by atoms with Gasteiger partial charge in [-0.1, -0.05) is 206 Å². The molecule has 0 amide bonds. The predicted octanol–water partition coefficient (Wildman–Crippen LogP) is 22.2. The van der Waals surface area contributed by atoms with Crippen molar-refractivity contribution in [2.75, 3.05) is 0 Å². The standard InChI is InChI=1S/C76H42OS/c1-2-13-50-48(12-1)40-49(42-67(50)65-24-9-25-66-74-61(22-10-26-69(74)77-76(65)66)55-33-35-63-53-16-5-3-14-51(53)57-18-7-20-59(55)72(57)63)46-31-30-43-38-45(29-28-44(43)39-46)47-32-37-70-68(41-47)75-62(23-11-27-71(75)78-70)56-34-36-64-54-17-6-4-15-52(54)58-19-8-21-60(56)73(58)64/h1-42H. The van der Waals surface area contributed by atoms with Crippen LogP contribution in [0.4, 0.5) is 0 Å². The van der Waals surface area contributed by atoms with Gasteiger partial charge in [0.05, 0.1) is 0 Å². The number of rotatable bonds is 5. The van der Waals surface area contributed by atoms with Gasteiger partial charge in [0.15, 0.2) is 0 Å². The van der Waals surface area contributed by atoms with Crippen molar-refractivity contribution in [3.05, 3.63) is 255 Å². The zero-order valence-corrected chi connectivity index (χ0v) is 42.9. The molecule has 0 fully saturated rings. The Bertz CT molecular complexity index is 5280. The Balaban J connectivity index is 0.727.